The minimum Gasteiger partial charge on any atom is -0.507 e. The average molecular weight is 797 g/mol. The van der Waals surface area contributed by atoms with Gasteiger partial charge in [0.1, 0.15) is 11.5 Å². The fourth-order valence-corrected chi connectivity index (χ4v) is 9.87. The van der Waals surface area contributed by atoms with Gasteiger partial charge in [0.25, 0.3) is 0 Å². The summed E-state index contributed by atoms with van der Waals surface area (Å²) < 4.78 is 11.7. The molecule has 6 unspecified atom stereocenters. The normalized spacial score (nSPS) is 27.2. The zero-order valence-corrected chi connectivity index (χ0v) is 37.0. The fraction of sp³-hybridized carbons (Fsp3) is 0.702. The zero-order chi connectivity index (χ0) is 43.4. The second kappa shape index (κ2) is 16.5. The molecule has 0 amide bonds. The molecule has 1 spiro atoms. The van der Waals surface area contributed by atoms with Crippen LogP contribution >= 0.6 is 0 Å². The second-order valence-electron chi connectivity index (χ2n) is 21.2. The highest BCUT2D eigenvalue weighted by Gasteiger charge is 2.56. The van der Waals surface area contributed by atoms with E-state index < -0.39 is 76.3 Å². The van der Waals surface area contributed by atoms with Gasteiger partial charge in [-0.25, -0.2) is 0 Å². The van der Waals surface area contributed by atoms with Crippen LogP contribution in [0.1, 0.15) is 154 Å². The molecule has 2 fully saturated rings. The van der Waals surface area contributed by atoms with Crippen molar-refractivity contribution in [3.05, 3.63) is 57.6 Å². The van der Waals surface area contributed by atoms with Crippen molar-refractivity contribution >= 4 is 11.9 Å². The van der Waals surface area contributed by atoms with Crippen LogP contribution in [0.5, 0.6) is 11.5 Å². The van der Waals surface area contributed by atoms with Gasteiger partial charge in [-0.3, -0.25) is 9.59 Å². The number of aromatic hydroxyl groups is 2. The van der Waals surface area contributed by atoms with E-state index in [-0.39, 0.29) is 61.2 Å². The molecule has 0 aliphatic heterocycles. The first kappa shape index (κ1) is 46.5. The first-order chi connectivity index (χ1) is 25.9. The van der Waals surface area contributed by atoms with E-state index in [0.29, 0.717) is 11.1 Å². The Morgan fingerprint density at radius 1 is 0.596 bits per heavy atom. The fourth-order valence-electron chi connectivity index (χ4n) is 9.87. The molecule has 2 aliphatic rings. The van der Waals surface area contributed by atoms with Gasteiger partial charge in [0.05, 0.1) is 49.5 Å². The molecule has 10 heteroatoms. The Balaban J connectivity index is 1.39. The smallest absolute Gasteiger partial charge is 0.313 e. The summed E-state index contributed by atoms with van der Waals surface area (Å²) in [5.74, 6) is -2.93. The molecule has 57 heavy (non-hydrogen) atoms. The molecule has 2 aromatic rings. The number of carbonyl (C=O) groups is 2. The second-order valence-corrected chi connectivity index (χ2v) is 21.2. The number of benzene rings is 2. The lowest BCUT2D eigenvalue weighted by molar-refractivity contribution is -0.190. The molecule has 6 atom stereocenters. The molecule has 0 saturated heterocycles. The third-order valence-corrected chi connectivity index (χ3v) is 13.2. The molecule has 10 nitrogen and oxygen atoms in total. The molecule has 320 valence electrons. The van der Waals surface area contributed by atoms with Gasteiger partial charge >= 0.3 is 11.9 Å². The van der Waals surface area contributed by atoms with Crippen molar-refractivity contribution < 1.29 is 49.7 Å². The molecule has 4 rings (SSSR count). The number of ether oxygens (including phenoxy) is 2. The number of aliphatic hydroxyl groups excluding tert-OH is 4. The van der Waals surface area contributed by atoms with Gasteiger partial charge in [-0.05, 0) is 103 Å². The average Bonchev–Trinajstić information content (AvgIpc) is 3.05. The number of phenols is 2. The van der Waals surface area contributed by atoms with Crippen LogP contribution < -0.4 is 0 Å². The van der Waals surface area contributed by atoms with Crippen LogP contribution in [-0.2, 0) is 29.9 Å². The highest BCUT2D eigenvalue weighted by Crippen LogP contribution is 2.55. The van der Waals surface area contributed by atoms with Crippen molar-refractivity contribution in [1.29, 1.82) is 0 Å². The number of phenolic OH excluding ortho intramolecular Hbond substituents is 2. The monoisotopic (exact) mass is 797 g/mol. The van der Waals surface area contributed by atoms with Crippen molar-refractivity contribution in [1.82, 2.24) is 0 Å². The van der Waals surface area contributed by atoms with Crippen LogP contribution in [0.4, 0.5) is 0 Å². The number of aryl methyl sites for hydroxylation is 2. The molecule has 0 heterocycles. The van der Waals surface area contributed by atoms with Gasteiger partial charge in [0, 0.05) is 22.7 Å². The van der Waals surface area contributed by atoms with Gasteiger partial charge in [-0.1, -0.05) is 93.5 Å². The molecule has 2 aliphatic carbocycles. The van der Waals surface area contributed by atoms with Gasteiger partial charge in [-0.15, -0.1) is 0 Å². The Kier molecular flexibility index (Phi) is 13.4. The quantitative estimate of drug-likeness (QED) is 0.131. The SMILES string of the molecule is Cc1cc(C(C)C(=O)OCC(C)(C)C2C(O)CC3(CC2O)CC(O)C(C(C)(C)COC(=O)C(C)c2cc(C)c(O)c(C(C)(C)C)c2)C(O)C3)cc(C(C)(C)C)c1O. The molecule has 2 saturated carbocycles. The first-order valence-electron chi connectivity index (χ1n) is 20.7. The van der Waals surface area contributed by atoms with Crippen LogP contribution in [0.2, 0.25) is 0 Å². The maximum absolute atomic E-state index is 13.4. The largest absolute Gasteiger partial charge is 0.507 e. The number of carbonyl (C=O) groups excluding carboxylic acids is 2. The van der Waals surface area contributed by atoms with Crippen molar-refractivity contribution in [2.45, 2.75) is 170 Å². The topological polar surface area (TPSA) is 174 Å². The number of hydrogen-bond donors (Lipinski definition) is 6. The van der Waals surface area contributed by atoms with Crippen LogP contribution in [0, 0.1) is 41.9 Å². The summed E-state index contributed by atoms with van der Waals surface area (Å²) in [5, 5.41) is 67.9. The highest BCUT2D eigenvalue weighted by atomic mass is 16.5. The lowest BCUT2D eigenvalue weighted by atomic mass is 9.53. The summed E-state index contributed by atoms with van der Waals surface area (Å²) >= 11 is 0. The van der Waals surface area contributed by atoms with E-state index in [4.69, 9.17) is 9.47 Å². The first-order valence-corrected chi connectivity index (χ1v) is 20.7. The molecular formula is C47H72O10. The van der Waals surface area contributed by atoms with E-state index in [0.717, 1.165) is 22.3 Å². The van der Waals surface area contributed by atoms with Crippen LogP contribution in [-0.4, -0.2) is 80.2 Å². The van der Waals surface area contributed by atoms with Crippen molar-refractivity contribution in [3.63, 3.8) is 0 Å². The van der Waals surface area contributed by atoms with E-state index in [2.05, 4.69) is 0 Å². The summed E-state index contributed by atoms with van der Waals surface area (Å²) in [5.41, 5.74) is 1.33. The van der Waals surface area contributed by atoms with E-state index in [9.17, 15) is 40.2 Å². The van der Waals surface area contributed by atoms with Crippen molar-refractivity contribution in [2.24, 2.45) is 28.1 Å². The number of hydrogen-bond acceptors (Lipinski definition) is 10. The van der Waals surface area contributed by atoms with E-state index >= 15 is 0 Å². The number of rotatable bonds is 10. The van der Waals surface area contributed by atoms with Crippen LogP contribution in [0.15, 0.2) is 24.3 Å². The third kappa shape index (κ3) is 10.00. The van der Waals surface area contributed by atoms with E-state index in [1.165, 1.54) is 0 Å². The Hall–Kier alpha value is -3.18. The predicted octanol–water partition coefficient (Wildman–Crippen LogP) is 7.61. The molecule has 0 aromatic heterocycles. The van der Waals surface area contributed by atoms with E-state index in [1.54, 1.807) is 39.8 Å². The van der Waals surface area contributed by atoms with Gasteiger partial charge in [0.2, 0.25) is 0 Å². The van der Waals surface area contributed by atoms with E-state index in [1.807, 2.05) is 81.4 Å². The minimum atomic E-state index is -0.984. The van der Waals surface area contributed by atoms with Gasteiger partial charge in [0.15, 0.2) is 0 Å². The van der Waals surface area contributed by atoms with Crippen molar-refractivity contribution in [3.8, 4) is 11.5 Å². The Bertz CT molecular complexity index is 1620. The molecular weight excluding hydrogens is 725 g/mol. The Morgan fingerprint density at radius 2 is 0.877 bits per heavy atom. The molecule has 0 bridgehead atoms. The van der Waals surface area contributed by atoms with Crippen LogP contribution in [0.25, 0.3) is 0 Å². The maximum Gasteiger partial charge on any atom is 0.313 e. The lowest BCUT2D eigenvalue weighted by Gasteiger charge is -2.56. The van der Waals surface area contributed by atoms with Gasteiger partial charge in [-0.2, -0.15) is 0 Å². The van der Waals surface area contributed by atoms with Crippen molar-refractivity contribution in [2.75, 3.05) is 13.2 Å². The summed E-state index contributed by atoms with van der Waals surface area (Å²) in [6.45, 7) is 26.5. The molecule has 2 aromatic carbocycles. The highest BCUT2D eigenvalue weighted by molar-refractivity contribution is 5.79. The zero-order valence-electron chi connectivity index (χ0n) is 37.0. The lowest BCUT2D eigenvalue weighted by Crippen LogP contribution is -2.58. The summed E-state index contributed by atoms with van der Waals surface area (Å²) in [4.78, 5) is 26.7. The summed E-state index contributed by atoms with van der Waals surface area (Å²) in [7, 11) is 0. The van der Waals surface area contributed by atoms with Gasteiger partial charge < -0.3 is 40.1 Å². The number of aliphatic hydroxyl groups is 4. The summed E-state index contributed by atoms with van der Waals surface area (Å²) in [6, 6.07) is 7.29. The molecule has 6 N–H and O–H groups in total. The predicted molar refractivity (Wildman–Crippen MR) is 221 cm³/mol. The molecule has 0 radical (unpaired) electrons. The van der Waals surface area contributed by atoms with Crippen LogP contribution in [0.3, 0.4) is 0 Å². The minimum absolute atomic E-state index is 0.0336. The standard InChI is InChI=1S/C47H72O10/c1-25-15-29(17-31(39(25)52)43(5,6)7)27(3)41(54)56-23-45(11,12)37-33(48)19-47(20-34(37)49)21-35(50)38(36(51)22-47)46(13,14)24-57-42(55)28(4)30-16-26(2)40(53)32(18-30)44(8,9)10/h15-18,27-28,33-38,48-53H,19-24H2,1-14H3. The Labute approximate surface area is 341 Å². The summed E-state index contributed by atoms with van der Waals surface area (Å²) in [6.07, 6.45) is -2.93. The number of esters is 2. The third-order valence-electron chi connectivity index (χ3n) is 13.2. The Morgan fingerprint density at radius 3 is 1.14 bits per heavy atom. The maximum atomic E-state index is 13.4.